The Hall–Kier alpha value is -3.03. The Morgan fingerprint density at radius 1 is 0.707 bits per heavy atom. The third-order valence-corrected chi connectivity index (χ3v) is 9.31. The van der Waals surface area contributed by atoms with Crippen LogP contribution in [0.25, 0.3) is 0 Å². The van der Waals surface area contributed by atoms with E-state index in [0.717, 1.165) is 20.8 Å². The second-order valence-electron chi connectivity index (χ2n) is 13.4. The van der Waals surface area contributed by atoms with E-state index in [1.165, 1.54) is 26.2 Å². The molecule has 21 nitrogen and oxygen atoms in total. The van der Waals surface area contributed by atoms with Gasteiger partial charge in [-0.2, -0.15) is 0 Å². The van der Waals surface area contributed by atoms with E-state index < -0.39 is 140 Å². The number of esters is 2. The maximum Gasteiger partial charge on any atom is 0.407 e. The van der Waals surface area contributed by atoms with Crippen molar-refractivity contribution < 1.29 is 92.1 Å². The molecule has 4 rings (SSSR count). The van der Waals surface area contributed by atoms with Gasteiger partial charge in [-0.05, 0) is 31.2 Å². The van der Waals surface area contributed by atoms with Gasteiger partial charge in [-0.15, -0.1) is 0 Å². The number of ether oxygens (including phenoxy) is 10. The lowest BCUT2D eigenvalue weighted by molar-refractivity contribution is -0.360. The van der Waals surface area contributed by atoms with Gasteiger partial charge in [0.2, 0.25) is 16.0 Å². The minimum absolute atomic E-state index is 0.192. The van der Waals surface area contributed by atoms with Crippen LogP contribution in [0.3, 0.4) is 0 Å². The van der Waals surface area contributed by atoms with E-state index in [1.807, 2.05) is 0 Å². The highest BCUT2D eigenvalue weighted by Crippen LogP contribution is 2.36. The third-order valence-electron chi connectivity index (χ3n) is 8.98. The smallest absolute Gasteiger partial charge is 0.407 e. The number of hydrogen-bond donors (Lipinski definition) is 7. The van der Waals surface area contributed by atoms with Gasteiger partial charge in [0.25, 0.3) is 0 Å². The Balaban J connectivity index is 1.83. The molecule has 24 heteroatoms. The van der Waals surface area contributed by atoms with Crippen LogP contribution in [0, 0.1) is 0 Å². The van der Waals surface area contributed by atoms with Crippen molar-refractivity contribution in [3.05, 3.63) is 24.3 Å². The Bertz CT molecular complexity index is 1540. The summed E-state index contributed by atoms with van der Waals surface area (Å²) >= 11 is 17.3. The molecule has 0 bridgehead atoms. The van der Waals surface area contributed by atoms with Crippen molar-refractivity contribution >= 4 is 58.7 Å². The zero-order valence-electron chi connectivity index (χ0n) is 31.7. The number of carbonyl (C=O) groups excluding carboxylic acids is 4. The quantitative estimate of drug-likeness (QED) is 0.0666. The van der Waals surface area contributed by atoms with E-state index >= 15 is 0 Å². The summed E-state index contributed by atoms with van der Waals surface area (Å²) in [6.07, 6.45) is -22.3. The molecule has 328 valence electrons. The number of halogens is 3. The molecule has 0 saturated carbocycles. The Labute approximate surface area is 346 Å². The normalized spacial score (nSPS) is 35.2. The van der Waals surface area contributed by atoms with Gasteiger partial charge < -0.3 is 83.5 Å². The van der Waals surface area contributed by atoms with Crippen molar-refractivity contribution in [2.45, 2.75) is 123 Å². The molecule has 0 radical (unpaired) electrons. The molecule has 0 aromatic heterocycles. The highest BCUT2D eigenvalue weighted by Gasteiger charge is 2.57. The first-order valence-electron chi connectivity index (χ1n) is 17.7. The first-order valence-corrected chi connectivity index (χ1v) is 18.9. The average Bonchev–Trinajstić information content (AvgIpc) is 3.15. The van der Waals surface area contributed by atoms with Crippen molar-refractivity contribution in [2.75, 3.05) is 26.9 Å². The summed E-state index contributed by atoms with van der Waals surface area (Å²) in [4.78, 5) is 50.6. The molecule has 3 heterocycles. The summed E-state index contributed by atoms with van der Waals surface area (Å²) in [6, 6.07) is 3.04. The molecular formula is C34H47Cl3N2O19. The van der Waals surface area contributed by atoms with Gasteiger partial charge >= 0.3 is 18.0 Å². The lowest BCUT2D eigenvalue weighted by atomic mass is 9.93. The molecule has 2 amide bonds. The van der Waals surface area contributed by atoms with Crippen molar-refractivity contribution in [3.63, 3.8) is 0 Å². The number of carbonyl (C=O) groups is 4. The summed E-state index contributed by atoms with van der Waals surface area (Å²) in [5.41, 5.74) is 0. The summed E-state index contributed by atoms with van der Waals surface area (Å²) in [6.45, 7) is 2.06. The lowest BCUT2D eigenvalue weighted by Gasteiger charge is -2.50. The van der Waals surface area contributed by atoms with Gasteiger partial charge in [0.05, 0.1) is 26.4 Å². The molecule has 3 saturated heterocycles. The highest BCUT2D eigenvalue weighted by molar-refractivity contribution is 6.67. The fourth-order valence-electron chi connectivity index (χ4n) is 6.40. The first-order chi connectivity index (χ1) is 27.3. The summed E-state index contributed by atoms with van der Waals surface area (Å²) < 4.78 is 55.7. The number of benzene rings is 1. The molecule has 0 aliphatic carbocycles. The summed E-state index contributed by atoms with van der Waals surface area (Å²) in [7, 11) is 1.45. The Morgan fingerprint density at radius 2 is 1.24 bits per heavy atom. The molecule has 0 unspecified atom stereocenters. The van der Waals surface area contributed by atoms with Gasteiger partial charge in [0.1, 0.15) is 72.9 Å². The molecule has 1 aromatic carbocycles. The van der Waals surface area contributed by atoms with Crippen LogP contribution in [0.1, 0.15) is 27.7 Å². The predicted molar refractivity (Wildman–Crippen MR) is 194 cm³/mol. The maximum absolute atomic E-state index is 13.1. The molecule has 0 spiro atoms. The second kappa shape index (κ2) is 21.0. The predicted octanol–water partition coefficient (Wildman–Crippen LogP) is -1.06. The molecule has 15 atom stereocenters. The number of aliphatic hydroxyl groups excluding tert-OH is 5. The third kappa shape index (κ3) is 12.5. The van der Waals surface area contributed by atoms with Gasteiger partial charge in [-0.1, -0.05) is 34.8 Å². The van der Waals surface area contributed by atoms with Crippen LogP contribution in [-0.4, -0.2) is 172 Å². The molecule has 58 heavy (non-hydrogen) atoms. The van der Waals surface area contributed by atoms with Crippen molar-refractivity contribution in [2.24, 2.45) is 0 Å². The number of nitrogens with one attached hydrogen (secondary N) is 2. The summed E-state index contributed by atoms with van der Waals surface area (Å²) in [5.74, 6) is -1.84. The molecule has 3 aliphatic rings. The number of rotatable bonds is 14. The van der Waals surface area contributed by atoms with Gasteiger partial charge in [-0.3, -0.25) is 14.4 Å². The van der Waals surface area contributed by atoms with E-state index in [-0.39, 0.29) is 5.75 Å². The van der Waals surface area contributed by atoms with Crippen LogP contribution in [0.5, 0.6) is 11.5 Å². The number of aliphatic hydroxyl groups is 5. The zero-order valence-corrected chi connectivity index (χ0v) is 33.9. The fourth-order valence-corrected chi connectivity index (χ4v) is 6.56. The topological polar surface area (TPSA) is 286 Å². The van der Waals surface area contributed by atoms with Gasteiger partial charge in [0, 0.05) is 20.8 Å². The van der Waals surface area contributed by atoms with Crippen molar-refractivity contribution in [1.82, 2.24) is 10.6 Å². The van der Waals surface area contributed by atoms with Gasteiger partial charge in [-0.25, -0.2) is 4.79 Å². The van der Waals surface area contributed by atoms with Gasteiger partial charge in [0.15, 0.2) is 24.8 Å². The second-order valence-corrected chi connectivity index (χ2v) is 15.9. The number of amides is 2. The standard InChI is InChI=1S/C34H47Cl3N2O19/c1-13-23(45)24(46)25(47)32(51-13)58-29-21(38-14(2)42)30(54-18-8-6-17(49-5)7-9-18)55-20(11-41)27(29)57-31-22(39-33(48)50-12-34(35,36)37)28(53-16(4)44)26(52-15(3)43)19(10-40)56-31/h6-9,13,19-32,40-41,45-47H,10-12H2,1-5H3,(H,38,42)(H,39,48)/t13-,19+,20+,21+,22+,23+,24+,25-,26-,27+,28+,29+,30+,31-,32-/m0/s1. The molecular weight excluding hydrogens is 847 g/mol. The van der Waals surface area contributed by atoms with Crippen LogP contribution in [-0.2, 0) is 52.3 Å². The zero-order chi connectivity index (χ0) is 43.1. The number of hydrogen-bond acceptors (Lipinski definition) is 19. The van der Waals surface area contributed by atoms with Crippen LogP contribution < -0.4 is 20.1 Å². The van der Waals surface area contributed by atoms with Crippen molar-refractivity contribution in [3.8, 4) is 11.5 Å². The maximum atomic E-state index is 13.1. The molecule has 3 aliphatic heterocycles. The minimum atomic E-state index is -2.07. The average molecular weight is 894 g/mol. The molecule has 1 aromatic rings. The first kappa shape index (κ1) is 47.6. The van der Waals surface area contributed by atoms with E-state index in [4.69, 9.17) is 82.2 Å². The van der Waals surface area contributed by atoms with Crippen LogP contribution in [0.4, 0.5) is 4.79 Å². The van der Waals surface area contributed by atoms with E-state index in [1.54, 1.807) is 12.1 Å². The Morgan fingerprint density at radius 3 is 1.79 bits per heavy atom. The van der Waals surface area contributed by atoms with Crippen molar-refractivity contribution in [1.29, 1.82) is 0 Å². The minimum Gasteiger partial charge on any atom is -0.497 e. The monoisotopic (exact) mass is 892 g/mol. The van der Waals surface area contributed by atoms with E-state index in [9.17, 15) is 44.7 Å². The fraction of sp³-hybridized carbons (Fsp3) is 0.706. The van der Waals surface area contributed by atoms with Crippen LogP contribution >= 0.6 is 34.8 Å². The van der Waals surface area contributed by atoms with E-state index in [0.29, 0.717) is 5.75 Å². The molecule has 3 fully saturated rings. The largest absolute Gasteiger partial charge is 0.497 e. The van der Waals surface area contributed by atoms with E-state index in [2.05, 4.69) is 10.6 Å². The Kier molecular flexibility index (Phi) is 17.2. The van der Waals surface area contributed by atoms with Crippen LogP contribution in [0.15, 0.2) is 24.3 Å². The molecule has 7 N–H and O–H groups in total. The SMILES string of the molecule is COc1ccc(O[C@@H]2O[C@H](CO)[C@@H](O[C@@H]3O[C@H](CO)[C@H](OC(C)=O)[C@H](OC(C)=O)[C@H]3NC(=O)OCC(Cl)(Cl)Cl)[C@H](O[C@@H]3O[C@@H](C)[C@@H](O)[C@@H](O)[C@@H]3O)[C@H]2NC(C)=O)cc1. The highest BCUT2D eigenvalue weighted by atomic mass is 35.6. The number of alkyl halides is 3. The lowest BCUT2D eigenvalue weighted by Crippen LogP contribution is -2.71. The number of alkyl carbamates (subject to hydrolysis) is 1. The van der Waals surface area contributed by atoms with Crippen LogP contribution in [0.2, 0.25) is 0 Å². The summed E-state index contributed by atoms with van der Waals surface area (Å²) in [5, 5.41) is 58.2. The number of methoxy groups -OCH3 is 1.